The predicted octanol–water partition coefficient (Wildman–Crippen LogP) is 2.52. The molecule has 0 aliphatic carbocycles. The first-order valence-corrected chi connectivity index (χ1v) is 8.33. The van der Waals surface area contributed by atoms with E-state index in [4.69, 9.17) is 9.47 Å². The molecular weight excluding hydrogens is 302 g/mol. The number of methoxy groups -OCH3 is 2. The quantitative estimate of drug-likeness (QED) is 0.863. The lowest BCUT2D eigenvalue weighted by molar-refractivity contribution is 0.0827. The van der Waals surface area contributed by atoms with Crippen LogP contribution in [0, 0.1) is 5.92 Å². The van der Waals surface area contributed by atoms with Crippen molar-refractivity contribution < 1.29 is 9.47 Å². The molecule has 0 bridgehead atoms. The van der Waals surface area contributed by atoms with Gasteiger partial charge in [0.25, 0.3) is 0 Å². The maximum atomic E-state index is 5.38. The van der Waals surface area contributed by atoms with Crippen LogP contribution < -0.4 is 14.4 Å². The molecule has 0 N–H and O–H groups in total. The predicted molar refractivity (Wildman–Crippen MR) is 94.9 cm³/mol. The summed E-state index contributed by atoms with van der Waals surface area (Å²) in [4.78, 5) is 9.55. The van der Waals surface area contributed by atoms with Crippen molar-refractivity contribution in [2.75, 3.05) is 45.8 Å². The second kappa shape index (κ2) is 5.98. The summed E-state index contributed by atoms with van der Waals surface area (Å²) in [7, 11) is 5.51. The minimum absolute atomic E-state index is 0.718. The van der Waals surface area contributed by atoms with Gasteiger partial charge in [0.05, 0.1) is 31.8 Å². The van der Waals surface area contributed by atoms with Crippen molar-refractivity contribution in [2.45, 2.75) is 6.04 Å². The summed E-state index contributed by atoms with van der Waals surface area (Å²) in [5.74, 6) is 2.27. The number of ether oxygens (including phenoxy) is 2. The van der Waals surface area contributed by atoms with E-state index in [-0.39, 0.29) is 0 Å². The molecule has 2 fully saturated rings. The van der Waals surface area contributed by atoms with E-state index in [1.54, 1.807) is 14.2 Å². The topological polar surface area (TPSA) is 37.8 Å². The van der Waals surface area contributed by atoms with E-state index < -0.39 is 0 Å². The smallest absolute Gasteiger partial charge is 0.161 e. The minimum Gasteiger partial charge on any atom is -0.493 e. The fourth-order valence-electron chi connectivity index (χ4n) is 3.85. The van der Waals surface area contributed by atoms with Gasteiger partial charge in [-0.05, 0) is 37.4 Å². The molecular formula is C19H23N3O2. The summed E-state index contributed by atoms with van der Waals surface area (Å²) in [6, 6.07) is 10.9. The zero-order valence-electron chi connectivity index (χ0n) is 14.4. The third-order valence-electron chi connectivity index (χ3n) is 5.29. The van der Waals surface area contributed by atoms with Crippen LogP contribution in [0.25, 0.3) is 11.3 Å². The first-order valence-electron chi connectivity index (χ1n) is 8.33. The lowest BCUT2D eigenvalue weighted by Gasteiger charge is -2.40. The van der Waals surface area contributed by atoms with E-state index in [2.05, 4.69) is 34.0 Å². The zero-order chi connectivity index (χ0) is 16.7. The molecule has 126 valence electrons. The molecule has 5 nitrogen and oxygen atoms in total. The van der Waals surface area contributed by atoms with Gasteiger partial charge in [0.15, 0.2) is 11.5 Å². The molecule has 2 saturated heterocycles. The highest BCUT2D eigenvalue weighted by molar-refractivity contribution is 5.65. The molecule has 4 rings (SSSR count). The molecule has 1 aromatic heterocycles. The van der Waals surface area contributed by atoms with Gasteiger partial charge in [0, 0.05) is 37.2 Å². The number of pyridine rings is 1. The standard InChI is InChI=1S/C19H23N3O2/c1-21-10-14-11-22(12-17(14)21)15-5-6-16(20-9-15)13-4-7-18(23-2)19(8-13)24-3/h4-9,14,17H,10-12H2,1-3H3/t14-,17+/m1/s1. The van der Waals surface area contributed by atoms with Crippen LogP contribution in [0.4, 0.5) is 5.69 Å². The summed E-state index contributed by atoms with van der Waals surface area (Å²) in [5.41, 5.74) is 3.18. The second-order valence-corrected chi connectivity index (χ2v) is 6.64. The van der Waals surface area contributed by atoms with Crippen LogP contribution >= 0.6 is 0 Å². The Bertz CT molecular complexity index is 732. The maximum Gasteiger partial charge on any atom is 0.161 e. The van der Waals surface area contributed by atoms with Crippen LogP contribution in [-0.4, -0.2) is 56.8 Å². The molecule has 2 aliphatic heterocycles. The zero-order valence-corrected chi connectivity index (χ0v) is 14.4. The van der Waals surface area contributed by atoms with E-state index in [1.807, 2.05) is 24.4 Å². The van der Waals surface area contributed by atoms with Crippen molar-refractivity contribution in [1.82, 2.24) is 9.88 Å². The third kappa shape index (κ3) is 2.49. The highest BCUT2D eigenvalue weighted by Crippen LogP contribution is 2.35. The number of likely N-dealkylation sites (tertiary alicyclic amines) is 1. The van der Waals surface area contributed by atoms with Gasteiger partial charge in [-0.2, -0.15) is 0 Å². The average Bonchev–Trinajstić information content (AvgIpc) is 2.98. The first kappa shape index (κ1) is 15.3. The summed E-state index contributed by atoms with van der Waals surface area (Å²) in [6.45, 7) is 3.48. The van der Waals surface area contributed by atoms with Crippen molar-refractivity contribution in [3.8, 4) is 22.8 Å². The Balaban J connectivity index is 1.54. The van der Waals surface area contributed by atoms with Gasteiger partial charge in [-0.25, -0.2) is 0 Å². The van der Waals surface area contributed by atoms with Gasteiger partial charge in [0.1, 0.15) is 0 Å². The van der Waals surface area contributed by atoms with Crippen molar-refractivity contribution in [3.05, 3.63) is 36.5 Å². The highest BCUT2D eigenvalue weighted by atomic mass is 16.5. The van der Waals surface area contributed by atoms with Gasteiger partial charge >= 0.3 is 0 Å². The molecule has 2 aromatic rings. The number of likely N-dealkylation sites (N-methyl/N-ethyl adjacent to an activating group) is 1. The number of nitrogens with zero attached hydrogens (tertiary/aromatic N) is 3. The van der Waals surface area contributed by atoms with Crippen molar-refractivity contribution in [1.29, 1.82) is 0 Å². The fraction of sp³-hybridized carbons (Fsp3) is 0.421. The highest BCUT2D eigenvalue weighted by Gasteiger charge is 2.43. The van der Waals surface area contributed by atoms with Gasteiger partial charge in [-0.1, -0.05) is 0 Å². The third-order valence-corrected chi connectivity index (χ3v) is 5.29. The molecule has 5 heteroatoms. The molecule has 0 amide bonds. The molecule has 0 spiro atoms. The van der Waals surface area contributed by atoms with Gasteiger partial charge in [-0.15, -0.1) is 0 Å². The van der Waals surface area contributed by atoms with Crippen LogP contribution in [-0.2, 0) is 0 Å². The summed E-state index contributed by atoms with van der Waals surface area (Å²) in [6.07, 6.45) is 1.98. The van der Waals surface area contributed by atoms with Gasteiger partial charge in [0.2, 0.25) is 0 Å². The molecule has 3 heterocycles. The molecule has 0 radical (unpaired) electrons. The number of fused-ring (bicyclic) bond motifs is 1. The lowest BCUT2D eigenvalue weighted by atomic mass is 9.93. The number of rotatable bonds is 4. The Morgan fingerprint density at radius 2 is 1.83 bits per heavy atom. The van der Waals surface area contributed by atoms with Crippen molar-refractivity contribution >= 4 is 5.69 Å². The van der Waals surface area contributed by atoms with Gasteiger partial charge < -0.3 is 19.3 Å². The van der Waals surface area contributed by atoms with Crippen LogP contribution in [0.3, 0.4) is 0 Å². The molecule has 2 aliphatic rings. The number of hydrogen-bond donors (Lipinski definition) is 0. The van der Waals surface area contributed by atoms with E-state index in [0.29, 0.717) is 0 Å². The van der Waals surface area contributed by atoms with Crippen LogP contribution in [0.5, 0.6) is 11.5 Å². The number of benzene rings is 1. The monoisotopic (exact) mass is 325 g/mol. The molecule has 0 saturated carbocycles. The van der Waals surface area contributed by atoms with E-state index in [0.717, 1.165) is 47.8 Å². The van der Waals surface area contributed by atoms with Gasteiger partial charge in [-0.3, -0.25) is 4.98 Å². The molecule has 24 heavy (non-hydrogen) atoms. The normalized spacial score (nSPS) is 22.9. The summed E-state index contributed by atoms with van der Waals surface area (Å²) in [5, 5.41) is 0. The van der Waals surface area contributed by atoms with E-state index >= 15 is 0 Å². The fourth-order valence-corrected chi connectivity index (χ4v) is 3.85. The average molecular weight is 325 g/mol. The number of anilines is 1. The number of aromatic nitrogens is 1. The van der Waals surface area contributed by atoms with Crippen LogP contribution in [0.15, 0.2) is 36.5 Å². The number of hydrogen-bond acceptors (Lipinski definition) is 5. The van der Waals surface area contributed by atoms with E-state index in [1.165, 1.54) is 12.2 Å². The largest absolute Gasteiger partial charge is 0.493 e. The Labute approximate surface area is 142 Å². The Hall–Kier alpha value is -2.27. The first-order chi connectivity index (χ1) is 11.7. The van der Waals surface area contributed by atoms with Crippen LogP contribution in [0.1, 0.15) is 0 Å². The summed E-state index contributed by atoms with van der Waals surface area (Å²) >= 11 is 0. The molecule has 1 aromatic carbocycles. The van der Waals surface area contributed by atoms with E-state index in [9.17, 15) is 0 Å². The summed E-state index contributed by atoms with van der Waals surface area (Å²) < 4.78 is 10.7. The lowest BCUT2D eigenvalue weighted by Crippen LogP contribution is -2.52. The Morgan fingerprint density at radius 1 is 1.00 bits per heavy atom. The van der Waals surface area contributed by atoms with Crippen molar-refractivity contribution in [3.63, 3.8) is 0 Å². The molecule has 0 unspecified atom stereocenters. The Kier molecular flexibility index (Phi) is 3.81. The molecule has 2 atom stereocenters. The minimum atomic E-state index is 0.718. The Morgan fingerprint density at radius 3 is 2.46 bits per heavy atom. The van der Waals surface area contributed by atoms with Crippen LogP contribution in [0.2, 0.25) is 0 Å². The second-order valence-electron chi connectivity index (χ2n) is 6.64. The van der Waals surface area contributed by atoms with Crippen molar-refractivity contribution in [2.24, 2.45) is 5.92 Å². The maximum absolute atomic E-state index is 5.38. The SMILES string of the molecule is COc1ccc(-c2ccc(N3C[C@H]4CN(C)[C@H]4C3)cn2)cc1OC.